The molecule has 1 saturated carbocycles. The number of benzene rings is 2. The molecule has 3 N–H and O–H groups in total. The summed E-state index contributed by atoms with van der Waals surface area (Å²) in [4.78, 5) is 57.1. The Hall–Kier alpha value is -4.41. The number of H-pyrrole nitrogens is 1. The van der Waals surface area contributed by atoms with E-state index in [1.165, 1.54) is 17.7 Å². The van der Waals surface area contributed by atoms with Gasteiger partial charge in [-0.1, -0.05) is 23.7 Å². The summed E-state index contributed by atoms with van der Waals surface area (Å²) in [5.41, 5.74) is 1.40. The highest BCUT2D eigenvalue weighted by Gasteiger charge is 2.53. The summed E-state index contributed by atoms with van der Waals surface area (Å²) < 4.78 is 7.01. The van der Waals surface area contributed by atoms with Crippen LogP contribution in [0.15, 0.2) is 77.9 Å². The molecule has 0 radical (unpaired) electrons. The predicted octanol–water partition coefficient (Wildman–Crippen LogP) is 3.74. The fraction of sp³-hybridized carbons (Fsp3) is 0.290. The lowest BCUT2D eigenvalue weighted by Crippen LogP contribution is -2.58. The number of likely N-dealkylation sites (tertiary alicyclic amines) is 1. The number of carbonyl (C=O) groups is 3. The zero-order valence-corrected chi connectivity index (χ0v) is 23.7. The third-order valence-electron chi connectivity index (χ3n) is 8.17. The van der Waals surface area contributed by atoms with Crippen molar-refractivity contribution in [1.82, 2.24) is 19.8 Å². The van der Waals surface area contributed by atoms with Crippen molar-refractivity contribution in [3.63, 3.8) is 0 Å². The number of hydrogen-bond donors (Lipinski definition) is 3. The molecule has 3 amide bonds. The summed E-state index contributed by atoms with van der Waals surface area (Å²) in [7, 11) is 1.53. The minimum Gasteiger partial charge on any atom is -0.368 e. The Bertz CT molecular complexity index is 1730. The molecule has 0 unspecified atom stereocenters. The van der Waals surface area contributed by atoms with Crippen LogP contribution in [-0.2, 0) is 14.3 Å². The molecule has 2 aromatic carbocycles. The molecule has 216 valence electrons. The summed E-state index contributed by atoms with van der Waals surface area (Å²) in [6.07, 6.45) is 5.02. The largest absolute Gasteiger partial charge is 0.368 e. The van der Waals surface area contributed by atoms with Crippen molar-refractivity contribution < 1.29 is 19.1 Å². The molecule has 1 saturated heterocycles. The number of nitrogens with one attached hydrogen (secondary N) is 3. The highest BCUT2D eigenvalue weighted by Crippen LogP contribution is 2.41. The molecule has 1 aliphatic carbocycles. The lowest BCUT2D eigenvalue weighted by atomic mass is 9.89. The van der Waals surface area contributed by atoms with Crippen LogP contribution >= 0.6 is 11.6 Å². The van der Waals surface area contributed by atoms with Crippen molar-refractivity contribution in [1.29, 1.82) is 0 Å². The van der Waals surface area contributed by atoms with Gasteiger partial charge in [-0.3, -0.25) is 23.7 Å². The van der Waals surface area contributed by atoms with Crippen LogP contribution in [-0.4, -0.2) is 64.0 Å². The van der Waals surface area contributed by atoms with Crippen molar-refractivity contribution >= 4 is 45.9 Å². The smallest absolute Gasteiger partial charge is 0.255 e. The second-order valence-corrected chi connectivity index (χ2v) is 11.2. The predicted molar refractivity (Wildman–Crippen MR) is 159 cm³/mol. The van der Waals surface area contributed by atoms with Gasteiger partial charge in [-0.05, 0) is 61.7 Å². The molecule has 2 aliphatic rings. The highest BCUT2D eigenvalue weighted by atomic mass is 35.5. The van der Waals surface area contributed by atoms with E-state index < -0.39 is 17.6 Å². The van der Waals surface area contributed by atoms with Crippen LogP contribution in [0, 0.1) is 5.92 Å². The fourth-order valence-electron chi connectivity index (χ4n) is 5.57. The number of aromatic amines is 1. The first-order chi connectivity index (χ1) is 20.3. The summed E-state index contributed by atoms with van der Waals surface area (Å²) in [5, 5.41) is 7.33. The molecule has 1 aliphatic heterocycles. The van der Waals surface area contributed by atoms with Gasteiger partial charge in [-0.15, -0.1) is 0 Å². The Morgan fingerprint density at radius 1 is 1.07 bits per heavy atom. The fourth-order valence-corrected chi connectivity index (χ4v) is 5.79. The standard InChI is InChI=1S/C31H30ClN5O5/c1-42-31(12-13-31)30(41)36-15-11-23(26(18-36)35-28(39)19-5-10-22-24(32)17-33-25(22)16-19)29(40)34-20-6-8-21(9-7-20)37-14-3-2-4-27(37)38/h2-10,14,16-17,23,26,33H,11-13,15,18H2,1H3,(H,34,40)(H,35,39)/t23-,26-/m0/s1. The van der Waals surface area contributed by atoms with Gasteiger partial charge in [0.25, 0.3) is 17.4 Å². The zero-order valence-electron chi connectivity index (χ0n) is 22.9. The minimum absolute atomic E-state index is 0.114. The van der Waals surface area contributed by atoms with E-state index >= 15 is 0 Å². The molecule has 10 nitrogen and oxygen atoms in total. The van der Waals surface area contributed by atoms with E-state index in [-0.39, 0.29) is 29.8 Å². The number of methoxy groups -OCH3 is 1. The Morgan fingerprint density at radius 3 is 2.57 bits per heavy atom. The summed E-state index contributed by atoms with van der Waals surface area (Å²) in [5.74, 6) is -1.32. The van der Waals surface area contributed by atoms with Crippen LogP contribution < -0.4 is 16.2 Å². The number of carbonyl (C=O) groups excluding carboxylic acids is 3. The van der Waals surface area contributed by atoms with Gasteiger partial charge >= 0.3 is 0 Å². The first-order valence-electron chi connectivity index (χ1n) is 13.8. The molecule has 4 aromatic rings. The van der Waals surface area contributed by atoms with E-state index in [1.54, 1.807) is 71.9 Å². The maximum Gasteiger partial charge on any atom is 0.255 e. The van der Waals surface area contributed by atoms with Gasteiger partial charge in [0, 0.05) is 66.5 Å². The lowest BCUT2D eigenvalue weighted by Gasteiger charge is -2.39. The summed E-state index contributed by atoms with van der Waals surface area (Å²) in [6.45, 7) is 0.553. The van der Waals surface area contributed by atoms with Gasteiger partial charge < -0.3 is 25.3 Å². The van der Waals surface area contributed by atoms with Gasteiger partial charge in [-0.2, -0.15) is 0 Å². The number of hydrogen-bond acceptors (Lipinski definition) is 5. The lowest BCUT2D eigenvalue weighted by molar-refractivity contribution is -0.147. The van der Waals surface area contributed by atoms with E-state index in [9.17, 15) is 19.2 Å². The number of pyridine rings is 1. The molecule has 2 atom stereocenters. The van der Waals surface area contributed by atoms with E-state index in [1.807, 2.05) is 0 Å². The van der Waals surface area contributed by atoms with Crippen molar-refractivity contribution in [3.8, 4) is 5.69 Å². The number of piperidine rings is 1. The molecule has 0 bridgehead atoms. The zero-order chi connectivity index (χ0) is 29.4. The molecule has 0 spiro atoms. The normalized spacial score (nSPS) is 19.3. The van der Waals surface area contributed by atoms with Crippen LogP contribution in [0.25, 0.3) is 16.6 Å². The highest BCUT2D eigenvalue weighted by molar-refractivity contribution is 6.35. The summed E-state index contributed by atoms with van der Waals surface area (Å²) in [6, 6.07) is 16.4. The van der Waals surface area contributed by atoms with Crippen LogP contribution in [0.4, 0.5) is 5.69 Å². The quantitative estimate of drug-likeness (QED) is 0.304. The SMILES string of the molecule is COC1(C(=O)N2CC[C@H](C(=O)Nc3ccc(-n4ccccc4=O)cc3)[C@@H](NC(=O)c3ccc4c(Cl)c[nH]c4c3)C2)CC1. The van der Waals surface area contributed by atoms with Gasteiger partial charge in [0.2, 0.25) is 5.91 Å². The van der Waals surface area contributed by atoms with Crippen LogP contribution in [0.1, 0.15) is 29.6 Å². The van der Waals surface area contributed by atoms with Crippen LogP contribution in [0.3, 0.4) is 0 Å². The number of fused-ring (bicyclic) bond motifs is 1. The van der Waals surface area contributed by atoms with Crippen molar-refractivity contribution in [2.75, 3.05) is 25.5 Å². The minimum atomic E-state index is -0.802. The number of amides is 3. The third kappa shape index (κ3) is 5.31. The number of rotatable bonds is 7. The van der Waals surface area contributed by atoms with Gasteiger partial charge in [-0.25, -0.2) is 0 Å². The maximum atomic E-state index is 13.6. The van der Waals surface area contributed by atoms with Crippen LogP contribution in [0.2, 0.25) is 5.02 Å². The number of ether oxygens (including phenoxy) is 1. The first-order valence-corrected chi connectivity index (χ1v) is 14.2. The van der Waals surface area contributed by atoms with Gasteiger partial charge in [0.1, 0.15) is 5.60 Å². The maximum absolute atomic E-state index is 13.6. The molecular weight excluding hydrogens is 558 g/mol. The Morgan fingerprint density at radius 2 is 1.86 bits per heavy atom. The second-order valence-electron chi connectivity index (χ2n) is 10.8. The molecule has 42 heavy (non-hydrogen) atoms. The molecular formula is C31H30ClN5O5. The number of halogens is 1. The monoisotopic (exact) mass is 587 g/mol. The van der Waals surface area contributed by atoms with Crippen molar-refractivity contribution in [3.05, 3.63) is 94.0 Å². The van der Waals surface area contributed by atoms with Crippen molar-refractivity contribution in [2.45, 2.75) is 30.9 Å². The van der Waals surface area contributed by atoms with E-state index in [0.29, 0.717) is 47.8 Å². The van der Waals surface area contributed by atoms with Gasteiger partial charge in [0.05, 0.1) is 17.0 Å². The van der Waals surface area contributed by atoms with E-state index in [4.69, 9.17) is 16.3 Å². The molecule has 2 aromatic heterocycles. The van der Waals surface area contributed by atoms with E-state index in [2.05, 4.69) is 15.6 Å². The van der Waals surface area contributed by atoms with Crippen LogP contribution in [0.5, 0.6) is 0 Å². The Kier molecular flexibility index (Phi) is 7.34. The molecule has 2 fully saturated rings. The van der Waals surface area contributed by atoms with Gasteiger partial charge in [0.15, 0.2) is 0 Å². The Labute approximate surface area is 246 Å². The first kappa shape index (κ1) is 27.7. The van der Waals surface area contributed by atoms with Crippen molar-refractivity contribution in [2.24, 2.45) is 5.92 Å². The second kappa shape index (κ2) is 11.1. The summed E-state index contributed by atoms with van der Waals surface area (Å²) >= 11 is 6.19. The molecule has 3 heterocycles. The average Bonchev–Trinajstić information content (AvgIpc) is 3.73. The topological polar surface area (TPSA) is 126 Å². The average molecular weight is 588 g/mol. The Balaban J connectivity index is 1.21. The molecule has 6 rings (SSSR count). The molecule has 11 heteroatoms. The van der Waals surface area contributed by atoms with E-state index in [0.717, 1.165) is 10.9 Å². The third-order valence-corrected chi connectivity index (χ3v) is 8.48. The number of nitrogens with zero attached hydrogens (tertiary/aromatic N) is 2. The number of aromatic nitrogens is 2. The number of anilines is 1.